The van der Waals surface area contributed by atoms with Crippen LogP contribution in [0.2, 0.25) is 5.15 Å². The summed E-state index contributed by atoms with van der Waals surface area (Å²) in [6.07, 6.45) is 1.66. The van der Waals surface area contributed by atoms with Gasteiger partial charge in [-0.05, 0) is 27.9 Å². The quantitative estimate of drug-likeness (QED) is 0.855. The summed E-state index contributed by atoms with van der Waals surface area (Å²) in [4.78, 5) is 2.16. The van der Waals surface area contributed by atoms with Gasteiger partial charge in [0.2, 0.25) is 0 Å². The fourth-order valence-corrected chi connectivity index (χ4v) is 1.08. The maximum Gasteiger partial charge on any atom is 0.153 e. The van der Waals surface area contributed by atoms with E-state index < -0.39 is 0 Å². The molecular formula is C10H17ClN4. The topological polar surface area (TPSA) is 41.0 Å². The van der Waals surface area contributed by atoms with Gasteiger partial charge in [-0.1, -0.05) is 11.6 Å². The molecule has 0 radical (unpaired) electrons. The van der Waals surface area contributed by atoms with E-state index >= 15 is 0 Å². The first-order valence-corrected chi connectivity index (χ1v) is 5.19. The molecule has 0 aliphatic heterocycles. The first-order chi connectivity index (χ1) is 6.92. The highest BCUT2D eigenvalue weighted by Gasteiger charge is 2.19. The smallest absolute Gasteiger partial charge is 0.153 e. The molecule has 1 N–H and O–H groups in total. The molecule has 0 fully saturated rings. The Morgan fingerprint density at radius 2 is 2.13 bits per heavy atom. The van der Waals surface area contributed by atoms with Crippen LogP contribution in [0.3, 0.4) is 0 Å². The van der Waals surface area contributed by atoms with Crippen molar-refractivity contribution in [3.63, 3.8) is 0 Å². The molecule has 1 aromatic rings. The second-order valence-electron chi connectivity index (χ2n) is 4.33. The van der Waals surface area contributed by atoms with Crippen LogP contribution < -0.4 is 5.32 Å². The minimum absolute atomic E-state index is 0.0791. The monoisotopic (exact) mass is 228 g/mol. The van der Waals surface area contributed by atoms with E-state index in [1.165, 1.54) is 0 Å². The van der Waals surface area contributed by atoms with Gasteiger partial charge in [0.05, 0.1) is 11.9 Å². The Kier molecular flexibility index (Phi) is 3.88. The Labute approximate surface area is 95.6 Å². The number of anilines is 1. The van der Waals surface area contributed by atoms with E-state index in [1.54, 1.807) is 12.3 Å². The zero-order chi connectivity index (χ0) is 11.5. The van der Waals surface area contributed by atoms with E-state index in [2.05, 4.69) is 48.4 Å². The van der Waals surface area contributed by atoms with Crippen LogP contribution >= 0.6 is 11.6 Å². The summed E-state index contributed by atoms with van der Waals surface area (Å²) in [5, 5.41) is 11.1. The lowest BCUT2D eigenvalue weighted by Gasteiger charge is -2.32. The summed E-state index contributed by atoms with van der Waals surface area (Å²) < 4.78 is 0. The number of halogens is 1. The van der Waals surface area contributed by atoms with E-state index in [4.69, 9.17) is 11.6 Å². The third-order valence-electron chi connectivity index (χ3n) is 2.56. The lowest BCUT2D eigenvalue weighted by Crippen LogP contribution is -2.44. The third-order valence-corrected chi connectivity index (χ3v) is 2.75. The van der Waals surface area contributed by atoms with Gasteiger partial charge in [-0.2, -0.15) is 5.10 Å². The number of hydrogen-bond donors (Lipinski definition) is 1. The van der Waals surface area contributed by atoms with Gasteiger partial charge in [-0.3, -0.25) is 0 Å². The lowest BCUT2D eigenvalue weighted by atomic mass is 10.0. The fraction of sp³-hybridized carbons (Fsp3) is 0.600. The van der Waals surface area contributed by atoms with Gasteiger partial charge < -0.3 is 10.2 Å². The Hall–Kier alpha value is -0.870. The summed E-state index contributed by atoms with van der Waals surface area (Å²) in [6, 6.07) is 1.76. The maximum atomic E-state index is 5.73. The van der Waals surface area contributed by atoms with E-state index in [-0.39, 0.29) is 5.54 Å². The molecule has 1 heterocycles. The molecule has 0 atom stereocenters. The molecule has 0 aliphatic rings. The zero-order valence-corrected chi connectivity index (χ0v) is 10.3. The Morgan fingerprint density at radius 1 is 1.47 bits per heavy atom. The van der Waals surface area contributed by atoms with Gasteiger partial charge in [0.1, 0.15) is 0 Å². The molecule has 15 heavy (non-hydrogen) atoms. The average Bonchev–Trinajstić information content (AvgIpc) is 2.15. The van der Waals surface area contributed by atoms with Crippen LogP contribution in [0.1, 0.15) is 13.8 Å². The number of aromatic nitrogens is 2. The van der Waals surface area contributed by atoms with Crippen molar-refractivity contribution < 1.29 is 0 Å². The molecule has 4 nitrogen and oxygen atoms in total. The van der Waals surface area contributed by atoms with E-state index in [1.807, 2.05) is 0 Å². The van der Waals surface area contributed by atoms with Gasteiger partial charge in [-0.15, -0.1) is 5.10 Å². The first-order valence-electron chi connectivity index (χ1n) is 4.81. The highest BCUT2D eigenvalue weighted by Crippen LogP contribution is 2.14. The van der Waals surface area contributed by atoms with Crippen molar-refractivity contribution in [2.45, 2.75) is 19.4 Å². The Morgan fingerprint density at radius 3 is 2.67 bits per heavy atom. The predicted octanol–water partition coefficient (Wildman–Crippen LogP) is 1.88. The summed E-state index contributed by atoms with van der Waals surface area (Å²) in [7, 11) is 4.11. The van der Waals surface area contributed by atoms with Gasteiger partial charge in [0, 0.05) is 18.2 Å². The molecule has 0 saturated carbocycles. The van der Waals surface area contributed by atoms with Crippen LogP contribution in [-0.2, 0) is 0 Å². The number of nitrogens with one attached hydrogen (secondary N) is 1. The van der Waals surface area contributed by atoms with Crippen molar-refractivity contribution >= 4 is 17.3 Å². The summed E-state index contributed by atoms with van der Waals surface area (Å²) in [5.41, 5.74) is 0.973. The molecule has 0 unspecified atom stereocenters. The SMILES string of the molecule is CN(C)C(C)(C)CNc1cnnc(Cl)c1. The Balaban J connectivity index is 2.57. The molecule has 0 saturated heterocycles. The summed E-state index contributed by atoms with van der Waals surface area (Å²) >= 11 is 5.73. The fourth-order valence-electron chi connectivity index (χ4n) is 0.914. The molecule has 0 aliphatic carbocycles. The second-order valence-corrected chi connectivity index (χ2v) is 4.71. The number of likely N-dealkylation sites (N-methyl/N-ethyl adjacent to an activating group) is 1. The molecule has 0 amide bonds. The number of hydrogen-bond acceptors (Lipinski definition) is 4. The van der Waals surface area contributed by atoms with Crippen LogP contribution in [0.15, 0.2) is 12.3 Å². The lowest BCUT2D eigenvalue weighted by molar-refractivity contribution is 0.210. The van der Waals surface area contributed by atoms with Crippen molar-refractivity contribution in [3.05, 3.63) is 17.4 Å². The largest absolute Gasteiger partial charge is 0.382 e. The van der Waals surface area contributed by atoms with Crippen molar-refractivity contribution in [3.8, 4) is 0 Å². The van der Waals surface area contributed by atoms with Gasteiger partial charge >= 0.3 is 0 Å². The van der Waals surface area contributed by atoms with Crippen molar-refractivity contribution in [1.29, 1.82) is 0 Å². The van der Waals surface area contributed by atoms with Crippen LogP contribution in [0.25, 0.3) is 0 Å². The standard InChI is InChI=1S/C10H17ClN4/c1-10(2,15(3)4)7-12-8-5-9(11)14-13-6-8/h5-6H,7H2,1-4H3,(H,12,14). The molecule has 0 aromatic carbocycles. The molecular weight excluding hydrogens is 212 g/mol. The zero-order valence-electron chi connectivity index (χ0n) is 9.58. The van der Waals surface area contributed by atoms with Crippen LogP contribution in [0.5, 0.6) is 0 Å². The van der Waals surface area contributed by atoms with Crippen LogP contribution in [0, 0.1) is 0 Å². The van der Waals surface area contributed by atoms with E-state index in [0.717, 1.165) is 12.2 Å². The van der Waals surface area contributed by atoms with E-state index in [9.17, 15) is 0 Å². The highest BCUT2D eigenvalue weighted by molar-refractivity contribution is 6.29. The average molecular weight is 229 g/mol. The second kappa shape index (κ2) is 4.77. The first kappa shape index (κ1) is 12.2. The molecule has 1 aromatic heterocycles. The van der Waals surface area contributed by atoms with E-state index in [0.29, 0.717) is 5.15 Å². The molecule has 0 spiro atoms. The van der Waals surface area contributed by atoms with Crippen LogP contribution in [-0.4, -0.2) is 41.3 Å². The molecule has 1 rings (SSSR count). The third kappa shape index (κ3) is 3.64. The minimum Gasteiger partial charge on any atom is -0.382 e. The number of nitrogens with zero attached hydrogens (tertiary/aromatic N) is 3. The predicted molar refractivity (Wildman–Crippen MR) is 63.3 cm³/mol. The van der Waals surface area contributed by atoms with Crippen LogP contribution in [0.4, 0.5) is 5.69 Å². The number of rotatable bonds is 4. The van der Waals surface area contributed by atoms with Gasteiger partial charge in [0.25, 0.3) is 0 Å². The van der Waals surface area contributed by atoms with Crippen molar-refractivity contribution in [2.75, 3.05) is 26.0 Å². The van der Waals surface area contributed by atoms with Crippen molar-refractivity contribution in [1.82, 2.24) is 15.1 Å². The minimum atomic E-state index is 0.0791. The van der Waals surface area contributed by atoms with Crippen molar-refractivity contribution in [2.24, 2.45) is 0 Å². The Bertz CT molecular complexity index is 325. The molecule has 5 heteroatoms. The summed E-state index contributed by atoms with van der Waals surface area (Å²) in [5.74, 6) is 0. The van der Waals surface area contributed by atoms with Gasteiger partial charge in [0.15, 0.2) is 5.15 Å². The molecule has 0 bridgehead atoms. The molecule has 84 valence electrons. The highest BCUT2D eigenvalue weighted by atomic mass is 35.5. The maximum absolute atomic E-state index is 5.73. The van der Waals surface area contributed by atoms with Gasteiger partial charge in [-0.25, -0.2) is 0 Å². The summed E-state index contributed by atoms with van der Waals surface area (Å²) in [6.45, 7) is 5.15. The normalized spacial score (nSPS) is 11.9.